The molecule has 1 N–H and O–H groups in total. The van der Waals surface area contributed by atoms with Crippen LogP contribution in [0.25, 0.3) is 0 Å². The van der Waals surface area contributed by atoms with Gasteiger partial charge in [-0.15, -0.1) is 0 Å². The van der Waals surface area contributed by atoms with Crippen LogP contribution in [-0.4, -0.2) is 11.7 Å². The van der Waals surface area contributed by atoms with Crippen molar-refractivity contribution >= 4 is 0 Å². The van der Waals surface area contributed by atoms with Crippen LogP contribution in [0.4, 0.5) is 8.78 Å². The van der Waals surface area contributed by atoms with Gasteiger partial charge >= 0.3 is 0 Å². The van der Waals surface area contributed by atoms with E-state index in [2.05, 4.69) is 0 Å². The zero-order chi connectivity index (χ0) is 14.5. The lowest BCUT2D eigenvalue weighted by atomic mass is 10.00. The molecule has 0 aliphatic heterocycles. The van der Waals surface area contributed by atoms with Gasteiger partial charge in [-0.2, -0.15) is 0 Å². The van der Waals surface area contributed by atoms with Crippen LogP contribution >= 0.6 is 0 Å². The average molecular weight is 278 g/mol. The summed E-state index contributed by atoms with van der Waals surface area (Å²) < 4.78 is 30.6. The largest absolute Gasteiger partial charge is 0.494 e. The number of hydrogen-bond acceptors (Lipinski definition) is 2. The van der Waals surface area contributed by atoms with E-state index < -0.39 is 12.5 Å². The van der Waals surface area contributed by atoms with Crippen LogP contribution in [0, 0.1) is 0 Å². The van der Waals surface area contributed by atoms with Crippen molar-refractivity contribution in [1.29, 1.82) is 0 Å². The lowest BCUT2D eigenvalue weighted by Crippen LogP contribution is -2.01. The third kappa shape index (κ3) is 3.33. The molecule has 0 aromatic heterocycles. The fourth-order valence-electron chi connectivity index (χ4n) is 1.97. The predicted molar refractivity (Wildman–Crippen MR) is 73.1 cm³/mol. The molecule has 0 bridgehead atoms. The summed E-state index contributed by atoms with van der Waals surface area (Å²) in [5, 5.41) is 10.2. The van der Waals surface area contributed by atoms with Gasteiger partial charge in [-0.25, -0.2) is 8.78 Å². The summed E-state index contributed by atoms with van der Waals surface area (Å²) in [5.74, 6) is 0.713. The van der Waals surface area contributed by atoms with Gasteiger partial charge in [0.1, 0.15) is 11.9 Å². The maximum absolute atomic E-state index is 12.7. The Bertz CT molecular complexity index is 553. The number of halogens is 2. The summed E-state index contributed by atoms with van der Waals surface area (Å²) in [6.45, 7) is 2.46. The Morgan fingerprint density at radius 3 is 2.25 bits per heavy atom. The van der Waals surface area contributed by atoms with Crippen molar-refractivity contribution < 1.29 is 18.6 Å². The maximum atomic E-state index is 12.7. The highest BCUT2D eigenvalue weighted by molar-refractivity contribution is 5.35. The Morgan fingerprint density at radius 1 is 1.00 bits per heavy atom. The van der Waals surface area contributed by atoms with Gasteiger partial charge in [-0.3, -0.25) is 0 Å². The van der Waals surface area contributed by atoms with E-state index >= 15 is 0 Å². The second kappa shape index (κ2) is 6.48. The summed E-state index contributed by atoms with van der Waals surface area (Å²) in [6, 6.07) is 12.8. The molecule has 0 heterocycles. The van der Waals surface area contributed by atoms with Crippen molar-refractivity contribution in [3.8, 4) is 5.75 Å². The maximum Gasteiger partial charge on any atom is 0.263 e. The van der Waals surface area contributed by atoms with E-state index in [0.29, 0.717) is 23.5 Å². The Labute approximate surface area is 116 Å². The number of rotatable bonds is 5. The summed E-state index contributed by atoms with van der Waals surface area (Å²) >= 11 is 0. The van der Waals surface area contributed by atoms with Crippen molar-refractivity contribution in [2.75, 3.05) is 6.61 Å². The number of hydrogen-bond donors (Lipinski definition) is 1. The van der Waals surface area contributed by atoms with Crippen LogP contribution in [0.3, 0.4) is 0 Å². The van der Waals surface area contributed by atoms with Gasteiger partial charge in [0.15, 0.2) is 0 Å². The van der Waals surface area contributed by atoms with E-state index in [9.17, 15) is 13.9 Å². The molecular weight excluding hydrogens is 262 g/mol. The van der Waals surface area contributed by atoms with E-state index in [1.165, 1.54) is 18.2 Å². The first-order valence-corrected chi connectivity index (χ1v) is 6.40. The molecule has 1 unspecified atom stereocenters. The Kier molecular flexibility index (Phi) is 4.69. The zero-order valence-electron chi connectivity index (χ0n) is 11.1. The molecule has 4 heteroatoms. The van der Waals surface area contributed by atoms with E-state index in [1.807, 2.05) is 6.92 Å². The second-order valence-electron chi connectivity index (χ2n) is 4.38. The van der Waals surface area contributed by atoms with Crippen molar-refractivity contribution in [3.05, 3.63) is 65.2 Å². The van der Waals surface area contributed by atoms with Crippen LogP contribution in [0.2, 0.25) is 0 Å². The molecule has 0 saturated heterocycles. The van der Waals surface area contributed by atoms with Crippen LogP contribution in [0.1, 0.15) is 36.1 Å². The molecule has 2 rings (SSSR count). The van der Waals surface area contributed by atoms with Gasteiger partial charge in [-0.05, 0) is 36.2 Å². The third-order valence-electron chi connectivity index (χ3n) is 2.99. The predicted octanol–water partition coefficient (Wildman–Crippen LogP) is 4.10. The van der Waals surface area contributed by atoms with Crippen LogP contribution in [0.15, 0.2) is 48.5 Å². The van der Waals surface area contributed by atoms with Crippen LogP contribution in [-0.2, 0) is 0 Å². The fourth-order valence-corrected chi connectivity index (χ4v) is 1.97. The molecule has 0 radical (unpaired) electrons. The van der Waals surface area contributed by atoms with Crippen LogP contribution < -0.4 is 4.74 Å². The minimum atomic E-state index is -2.54. The number of benzene rings is 2. The van der Waals surface area contributed by atoms with Gasteiger partial charge < -0.3 is 9.84 Å². The van der Waals surface area contributed by atoms with E-state index in [1.54, 1.807) is 30.3 Å². The standard InChI is InChI=1S/C16H16F2O2/c1-2-20-14-8-6-11(7-9-14)15(19)12-4-3-5-13(10-12)16(17)18/h3-10,15-16,19H,2H2,1H3. The molecular formula is C16H16F2O2. The Balaban J connectivity index is 2.21. The molecule has 2 nitrogen and oxygen atoms in total. The minimum absolute atomic E-state index is 0.0903. The van der Waals surface area contributed by atoms with Gasteiger partial charge in [0.05, 0.1) is 6.61 Å². The first-order chi connectivity index (χ1) is 9.61. The first kappa shape index (κ1) is 14.5. The smallest absolute Gasteiger partial charge is 0.263 e. The lowest BCUT2D eigenvalue weighted by molar-refractivity contribution is 0.150. The molecule has 106 valence electrons. The quantitative estimate of drug-likeness (QED) is 0.892. The highest BCUT2D eigenvalue weighted by Crippen LogP contribution is 2.27. The molecule has 0 fully saturated rings. The van der Waals surface area contributed by atoms with Gasteiger partial charge in [0.2, 0.25) is 0 Å². The van der Waals surface area contributed by atoms with E-state index in [4.69, 9.17) is 4.74 Å². The SMILES string of the molecule is CCOc1ccc(C(O)c2cccc(C(F)F)c2)cc1. The van der Waals surface area contributed by atoms with Crippen LogP contribution in [0.5, 0.6) is 5.75 Å². The fraction of sp³-hybridized carbons (Fsp3) is 0.250. The molecule has 0 amide bonds. The van der Waals surface area contributed by atoms with Gasteiger partial charge in [-0.1, -0.05) is 30.3 Å². The molecule has 0 aliphatic rings. The molecule has 2 aromatic carbocycles. The topological polar surface area (TPSA) is 29.5 Å². The molecule has 0 aliphatic carbocycles. The Morgan fingerprint density at radius 2 is 1.65 bits per heavy atom. The number of aliphatic hydroxyl groups excluding tert-OH is 1. The third-order valence-corrected chi connectivity index (χ3v) is 2.99. The van der Waals surface area contributed by atoms with Crippen molar-refractivity contribution in [2.24, 2.45) is 0 Å². The molecule has 0 saturated carbocycles. The second-order valence-corrected chi connectivity index (χ2v) is 4.38. The molecule has 0 spiro atoms. The number of ether oxygens (including phenoxy) is 1. The number of aliphatic hydroxyl groups is 1. The van der Waals surface area contributed by atoms with Gasteiger partial charge in [0, 0.05) is 5.56 Å². The summed E-state index contributed by atoms with van der Waals surface area (Å²) in [4.78, 5) is 0. The summed E-state index contributed by atoms with van der Waals surface area (Å²) in [5.41, 5.74) is 0.999. The monoisotopic (exact) mass is 278 g/mol. The molecule has 1 atom stereocenters. The Hall–Kier alpha value is -1.94. The van der Waals surface area contributed by atoms with Gasteiger partial charge in [0.25, 0.3) is 6.43 Å². The number of alkyl halides is 2. The van der Waals surface area contributed by atoms with Crippen molar-refractivity contribution in [2.45, 2.75) is 19.5 Å². The first-order valence-electron chi connectivity index (χ1n) is 6.40. The normalized spacial score (nSPS) is 12.4. The van der Waals surface area contributed by atoms with Crippen molar-refractivity contribution in [3.63, 3.8) is 0 Å². The lowest BCUT2D eigenvalue weighted by Gasteiger charge is -2.13. The zero-order valence-corrected chi connectivity index (χ0v) is 11.1. The highest BCUT2D eigenvalue weighted by atomic mass is 19.3. The van der Waals surface area contributed by atoms with E-state index in [-0.39, 0.29) is 5.56 Å². The highest BCUT2D eigenvalue weighted by Gasteiger charge is 2.13. The molecule has 20 heavy (non-hydrogen) atoms. The summed E-state index contributed by atoms with van der Waals surface area (Å²) in [6.07, 6.45) is -3.47. The summed E-state index contributed by atoms with van der Waals surface area (Å²) in [7, 11) is 0. The van der Waals surface area contributed by atoms with E-state index in [0.717, 1.165) is 0 Å². The minimum Gasteiger partial charge on any atom is -0.494 e. The molecule has 2 aromatic rings. The average Bonchev–Trinajstić information content (AvgIpc) is 2.48. The van der Waals surface area contributed by atoms with Crippen molar-refractivity contribution in [1.82, 2.24) is 0 Å².